The Balaban J connectivity index is 1.38. The molecule has 0 amide bonds. The van der Waals surface area contributed by atoms with E-state index in [2.05, 4.69) is 100.0 Å². The molecule has 6 aromatic carbocycles. The van der Waals surface area contributed by atoms with Gasteiger partial charge in [-0.1, -0.05) is 121 Å². The molecule has 214 valence electrons. The van der Waals surface area contributed by atoms with Crippen LogP contribution in [-0.2, 0) is 0 Å². The van der Waals surface area contributed by atoms with Crippen LogP contribution in [0, 0.1) is 0 Å². The van der Waals surface area contributed by atoms with Crippen LogP contribution in [0.2, 0.25) is 0 Å². The zero-order chi connectivity index (χ0) is 30.2. The van der Waals surface area contributed by atoms with Gasteiger partial charge in [0.15, 0.2) is 11.6 Å². The first-order valence-corrected chi connectivity index (χ1v) is 15.5. The van der Waals surface area contributed by atoms with E-state index in [1.165, 1.54) is 43.5 Å². The Bertz CT molecular complexity index is 2740. The highest BCUT2D eigenvalue weighted by Gasteiger charge is 2.21. The van der Waals surface area contributed by atoms with Gasteiger partial charge in [0.05, 0.1) is 27.6 Å². The molecule has 0 aliphatic carbocycles. The van der Waals surface area contributed by atoms with E-state index in [1.54, 1.807) is 0 Å². The van der Waals surface area contributed by atoms with Gasteiger partial charge in [-0.15, -0.1) is 0 Å². The van der Waals surface area contributed by atoms with Crippen molar-refractivity contribution in [2.75, 3.05) is 0 Å². The van der Waals surface area contributed by atoms with Gasteiger partial charge in [-0.05, 0) is 35.7 Å². The van der Waals surface area contributed by atoms with Crippen LogP contribution in [0.4, 0.5) is 0 Å². The first-order valence-electron chi connectivity index (χ1n) is 15.5. The van der Waals surface area contributed by atoms with Gasteiger partial charge in [0.2, 0.25) is 5.95 Å². The summed E-state index contributed by atoms with van der Waals surface area (Å²) in [6.45, 7) is 0. The maximum Gasteiger partial charge on any atom is 0.238 e. The van der Waals surface area contributed by atoms with E-state index in [1.807, 2.05) is 60.7 Å². The Morgan fingerprint density at radius 3 is 1.63 bits per heavy atom. The van der Waals surface area contributed by atoms with E-state index in [-0.39, 0.29) is 0 Å². The minimum atomic E-state index is 0.593. The average molecular weight is 588 g/mol. The number of nitrogens with zero attached hydrogens (tertiary/aromatic N) is 5. The molecule has 0 unspecified atom stereocenters. The van der Waals surface area contributed by atoms with E-state index < -0.39 is 0 Å². The Morgan fingerprint density at radius 1 is 0.370 bits per heavy atom. The quantitative estimate of drug-likeness (QED) is 0.193. The zero-order valence-corrected chi connectivity index (χ0v) is 24.7. The summed E-state index contributed by atoms with van der Waals surface area (Å²) in [4.78, 5) is 15.2. The van der Waals surface area contributed by atoms with Crippen molar-refractivity contribution >= 4 is 59.9 Å². The summed E-state index contributed by atoms with van der Waals surface area (Å²) in [6, 6.07) is 53.1. The van der Waals surface area contributed by atoms with Gasteiger partial charge in [0.1, 0.15) is 0 Å². The Hall–Kier alpha value is -6.33. The predicted molar refractivity (Wildman–Crippen MR) is 189 cm³/mol. The van der Waals surface area contributed by atoms with Gasteiger partial charge in [-0.2, -0.15) is 9.97 Å². The number of rotatable bonds is 3. The molecule has 10 aromatic rings. The fraction of sp³-hybridized carbons (Fsp3) is 0. The fourth-order valence-electron chi connectivity index (χ4n) is 7.16. The van der Waals surface area contributed by atoms with Crippen LogP contribution in [-0.4, -0.2) is 23.9 Å². The molecule has 46 heavy (non-hydrogen) atoms. The van der Waals surface area contributed by atoms with Gasteiger partial charge in [-0.3, -0.25) is 4.57 Å². The SMILES string of the molecule is c1ccc(-c2nc(-c3ccccc3)nc(-n3c4ccccc4c4c5c6ccccc6c6cc7ccccc7n6c5ccc43)n2)cc1. The number of benzene rings is 6. The van der Waals surface area contributed by atoms with E-state index in [0.717, 1.165) is 27.5 Å². The molecule has 0 N–H and O–H groups in total. The third-order valence-corrected chi connectivity index (χ3v) is 9.13. The number of hydrogen-bond donors (Lipinski definition) is 0. The first kappa shape index (κ1) is 25.0. The molecule has 0 saturated carbocycles. The van der Waals surface area contributed by atoms with Crippen LogP contribution < -0.4 is 0 Å². The smallest absolute Gasteiger partial charge is 0.238 e. The zero-order valence-electron chi connectivity index (χ0n) is 24.7. The Morgan fingerprint density at radius 2 is 0.913 bits per heavy atom. The summed E-state index contributed by atoms with van der Waals surface area (Å²) in [7, 11) is 0. The summed E-state index contributed by atoms with van der Waals surface area (Å²) >= 11 is 0. The highest BCUT2D eigenvalue weighted by atomic mass is 15.2. The van der Waals surface area contributed by atoms with Crippen LogP contribution in [0.25, 0.3) is 88.6 Å². The number of para-hydroxylation sites is 2. The number of hydrogen-bond acceptors (Lipinski definition) is 3. The number of aromatic nitrogens is 5. The molecule has 0 saturated heterocycles. The molecule has 0 aliphatic heterocycles. The van der Waals surface area contributed by atoms with Crippen molar-refractivity contribution in [2.24, 2.45) is 0 Å². The van der Waals surface area contributed by atoms with Crippen molar-refractivity contribution in [1.82, 2.24) is 23.9 Å². The van der Waals surface area contributed by atoms with Crippen molar-refractivity contribution < 1.29 is 0 Å². The van der Waals surface area contributed by atoms with Crippen LogP contribution >= 0.6 is 0 Å². The normalized spacial score (nSPS) is 11.9. The van der Waals surface area contributed by atoms with Crippen molar-refractivity contribution in [3.63, 3.8) is 0 Å². The molecule has 0 bridgehead atoms. The maximum absolute atomic E-state index is 5.13. The molecular formula is C41H25N5. The lowest BCUT2D eigenvalue weighted by Gasteiger charge is -2.13. The van der Waals surface area contributed by atoms with Crippen molar-refractivity contribution in [3.8, 4) is 28.7 Å². The van der Waals surface area contributed by atoms with E-state index in [0.29, 0.717) is 17.6 Å². The third kappa shape index (κ3) is 3.54. The van der Waals surface area contributed by atoms with Gasteiger partial charge in [0, 0.05) is 38.1 Å². The second-order valence-corrected chi connectivity index (χ2v) is 11.7. The predicted octanol–water partition coefficient (Wildman–Crippen LogP) is 10.0. The fourth-order valence-corrected chi connectivity index (χ4v) is 7.16. The molecule has 4 heterocycles. The number of pyridine rings is 1. The second kappa shape index (κ2) is 9.58. The monoisotopic (exact) mass is 587 g/mol. The van der Waals surface area contributed by atoms with Crippen LogP contribution in [0.3, 0.4) is 0 Å². The maximum atomic E-state index is 5.13. The Kier molecular flexibility index (Phi) is 5.22. The summed E-state index contributed by atoms with van der Waals surface area (Å²) in [5.74, 6) is 1.87. The molecule has 10 rings (SSSR count). The van der Waals surface area contributed by atoms with E-state index in [9.17, 15) is 0 Å². The topological polar surface area (TPSA) is 48.0 Å². The molecule has 0 fully saturated rings. The molecule has 5 heteroatoms. The lowest BCUT2D eigenvalue weighted by atomic mass is 10.00. The van der Waals surface area contributed by atoms with Crippen LogP contribution in [0.1, 0.15) is 0 Å². The summed E-state index contributed by atoms with van der Waals surface area (Å²) < 4.78 is 4.62. The number of fused-ring (bicyclic) bond motifs is 12. The summed E-state index contributed by atoms with van der Waals surface area (Å²) in [5, 5.41) is 7.26. The first-order chi connectivity index (χ1) is 22.8. The van der Waals surface area contributed by atoms with Crippen molar-refractivity contribution in [3.05, 3.63) is 152 Å². The summed E-state index contributed by atoms with van der Waals surface area (Å²) in [6.07, 6.45) is 0. The lowest BCUT2D eigenvalue weighted by molar-refractivity contribution is 0.953. The van der Waals surface area contributed by atoms with Gasteiger partial charge >= 0.3 is 0 Å². The molecule has 5 nitrogen and oxygen atoms in total. The minimum absolute atomic E-state index is 0.593. The highest BCUT2D eigenvalue weighted by Crippen LogP contribution is 2.42. The highest BCUT2D eigenvalue weighted by molar-refractivity contribution is 6.30. The van der Waals surface area contributed by atoms with Crippen LogP contribution in [0.15, 0.2) is 152 Å². The van der Waals surface area contributed by atoms with E-state index in [4.69, 9.17) is 15.0 Å². The van der Waals surface area contributed by atoms with Crippen molar-refractivity contribution in [2.45, 2.75) is 0 Å². The molecule has 0 atom stereocenters. The molecule has 4 aromatic heterocycles. The van der Waals surface area contributed by atoms with Gasteiger partial charge in [-0.25, -0.2) is 4.98 Å². The van der Waals surface area contributed by atoms with E-state index >= 15 is 0 Å². The molecule has 0 radical (unpaired) electrons. The van der Waals surface area contributed by atoms with Crippen LogP contribution in [0.5, 0.6) is 0 Å². The standard InChI is InChI=1S/C41H25N5/c1-3-13-26(14-4-1)39-42-40(27-15-5-2-6-16-27)44-41(43-39)46-33-22-12-10-20-31(33)38-35(46)24-23-34-37(38)30-19-9-8-18-29(30)36-25-28-17-7-11-21-32(28)45(34)36/h1-25H. The molecule has 0 aliphatic rings. The average Bonchev–Trinajstić information content (AvgIpc) is 3.69. The minimum Gasteiger partial charge on any atom is -0.309 e. The van der Waals surface area contributed by atoms with Gasteiger partial charge in [0.25, 0.3) is 0 Å². The molecule has 0 spiro atoms. The molecular weight excluding hydrogens is 562 g/mol. The lowest BCUT2D eigenvalue weighted by Crippen LogP contribution is -2.06. The Labute approximate surface area is 263 Å². The largest absolute Gasteiger partial charge is 0.309 e. The van der Waals surface area contributed by atoms with Crippen molar-refractivity contribution in [1.29, 1.82) is 0 Å². The summed E-state index contributed by atoms with van der Waals surface area (Å²) in [5.41, 5.74) is 7.59. The third-order valence-electron chi connectivity index (χ3n) is 9.13. The second-order valence-electron chi connectivity index (χ2n) is 11.7. The van der Waals surface area contributed by atoms with Gasteiger partial charge < -0.3 is 4.40 Å².